The Morgan fingerprint density at radius 2 is 1.94 bits per heavy atom. The maximum atomic E-state index is 10.8. The van der Waals surface area contributed by atoms with Crippen molar-refractivity contribution in [3.05, 3.63) is 69.8 Å². The molecule has 1 heterocycles. The van der Waals surface area contributed by atoms with Crippen molar-refractivity contribution in [2.24, 2.45) is 4.99 Å². The number of benzene rings is 2. The number of hydrogen-bond acceptors (Lipinski definition) is 6. The van der Waals surface area contributed by atoms with E-state index in [1.54, 1.807) is 19.2 Å². The van der Waals surface area contributed by atoms with E-state index in [1.807, 2.05) is 24.3 Å². The van der Waals surface area contributed by atoms with Crippen LogP contribution in [0.4, 0.5) is 5.69 Å². The molecular weight excluding hydrogens is 410 g/mol. The van der Waals surface area contributed by atoms with Crippen molar-refractivity contribution in [1.82, 2.24) is 15.5 Å². The van der Waals surface area contributed by atoms with Crippen LogP contribution >= 0.6 is 0 Å². The number of non-ortho nitro benzene ring substituents is 1. The van der Waals surface area contributed by atoms with Gasteiger partial charge in [-0.25, -0.2) is 4.99 Å². The molecule has 0 atom stereocenters. The van der Waals surface area contributed by atoms with Crippen LogP contribution in [0.15, 0.2) is 53.5 Å². The molecule has 0 aromatic heterocycles. The molecule has 2 aromatic carbocycles. The summed E-state index contributed by atoms with van der Waals surface area (Å²) >= 11 is 0. The molecule has 32 heavy (non-hydrogen) atoms. The van der Waals surface area contributed by atoms with E-state index in [0.29, 0.717) is 19.0 Å². The van der Waals surface area contributed by atoms with E-state index in [4.69, 9.17) is 14.5 Å². The lowest BCUT2D eigenvalue weighted by molar-refractivity contribution is -0.384. The predicted molar refractivity (Wildman–Crippen MR) is 124 cm³/mol. The van der Waals surface area contributed by atoms with Crippen molar-refractivity contribution >= 4 is 11.6 Å². The van der Waals surface area contributed by atoms with Crippen molar-refractivity contribution in [3.8, 4) is 5.75 Å². The van der Waals surface area contributed by atoms with Gasteiger partial charge in [0.2, 0.25) is 0 Å². The zero-order valence-electron chi connectivity index (χ0n) is 18.5. The number of hydrogen-bond donors (Lipinski definition) is 2. The Morgan fingerprint density at radius 3 is 2.66 bits per heavy atom. The molecule has 2 N–H and O–H groups in total. The molecule has 0 aliphatic carbocycles. The van der Waals surface area contributed by atoms with Gasteiger partial charge in [-0.15, -0.1) is 0 Å². The van der Waals surface area contributed by atoms with Gasteiger partial charge in [0.05, 0.1) is 31.8 Å². The molecule has 9 nitrogen and oxygen atoms in total. The highest BCUT2D eigenvalue weighted by Crippen LogP contribution is 2.13. The van der Waals surface area contributed by atoms with Gasteiger partial charge in [0.1, 0.15) is 5.75 Å². The van der Waals surface area contributed by atoms with Crippen LogP contribution in [0, 0.1) is 10.1 Å². The summed E-state index contributed by atoms with van der Waals surface area (Å²) in [7, 11) is 1.65. The molecule has 0 radical (unpaired) electrons. The molecule has 2 aromatic rings. The standard InChI is InChI=1S/C23H31N5O4/c1-31-22-5-2-4-20(16-22)18-26-23(24-10-3-11-27-12-14-32-15-13-27)25-17-19-6-8-21(9-7-19)28(29)30/h2,4-9,16H,3,10-15,17-18H2,1H3,(H2,24,25,26). The molecule has 0 bridgehead atoms. The summed E-state index contributed by atoms with van der Waals surface area (Å²) in [6.07, 6.45) is 0.997. The van der Waals surface area contributed by atoms with Crippen LogP contribution in [0.5, 0.6) is 5.75 Å². The van der Waals surface area contributed by atoms with Crippen LogP contribution in [0.3, 0.4) is 0 Å². The summed E-state index contributed by atoms with van der Waals surface area (Å²) < 4.78 is 10.7. The average molecular weight is 442 g/mol. The molecule has 1 fully saturated rings. The van der Waals surface area contributed by atoms with Gasteiger partial charge in [0.15, 0.2) is 5.96 Å². The lowest BCUT2D eigenvalue weighted by Gasteiger charge is -2.26. The lowest BCUT2D eigenvalue weighted by atomic mass is 10.2. The maximum absolute atomic E-state index is 10.8. The number of ether oxygens (including phenoxy) is 2. The van der Waals surface area contributed by atoms with Crippen molar-refractivity contribution in [3.63, 3.8) is 0 Å². The minimum absolute atomic E-state index is 0.0851. The molecule has 9 heteroatoms. The van der Waals surface area contributed by atoms with E-state index >= 15 is 0 Å². The molecule has 1 saturated heterocycles. The summed E-state index contributed by atoms with van der Waals surface area (Å²) in [6, 6.07) is 14.4. The highest BCUT2D eigenvalue weighted by atomic mass is 16.6. The van der Waals surface area contributed by atoms with Crippen molar-refractivity contribution < 1.29 is 14.4 Å². The van der Waals surface area contributed by atoms with Gasteiger partial charge in [-0.05, 0) is 36.2 Å². The van der Waals surface area contributed by atoms with Crippen LogP contribution in [-0.4, -0.2) is 62.3 Å². The van der Waals surface area contributed by atoms with E-state index < -0.39 is 4.92 Å². The van der Waals surface area contributed by atoms with Gasteiger partial charge in [-0.3, -0.25) is 15.0 Å². The van der Waals surface area contributed by atoms with Gasteiger partial charge in [0.25, 0.3) is 5.69 Å². The van der Waals surface area contributed by atoms with Crippen LogP contribution in [-0.2, 0) is 17.8 Å². The Kier molecular flexibility index (Phi) is 9.27. The fourth-order valence-corrected chi connectivity index (χ4v) is 3.37. The van der Waals surface area contributed by atoms with Crippen molar-refractivity contribution in [2.45, 2.75) is 19.5 Å². The Bertz CT molecular complexity index is 882. The summed E-state index contributed by atoms with van der Waals surface area (Å²) in [6.45, 7) is 6.41. The summed E-state index contributed by atoms with van der Waals surface area (Å²) in [5, 5.41) is 17.6. The van der Waals surface area contributed by atoms with E-state index in [-0.39, 0.29) is 5.69 Å². The topological polar surface area (TPSA) is 101 Å². The first-order valence-corrected chi connectivity index (χ1v) is 10.8. The quantitative estimate of drug-likeness (QED) is 0.192. The Labute approximate surface area is 188 Å². The fraction of sp³-hybridized carbons (Fsp3) is 0.435. The van der Waals surface area contributed by atoms with Crippen LogP contribution < -0.4 is 15.4 Å². The highest BCUT2D eigenvalue weighted by Gasteiger charge is 2.10. The third-order valence-corrected chi connectivity index (χ3v) is 5.21. The maximum Gasteiger partial charge on any atom is 0.269 e. The van der Waals surface area contributed by atoms with Gasteiger partial charge >= 0.3 is 0 Å². The summed E-state index contributed by atoms with van der Waals surface area (Å²) in [5.41, 5.74) is 2.08. The molecule has 0 saturated carbocycles. The molecule has 0 unspecified atom stereocenters. The second-order valence-electron chi connectivity index (χ2n) is 7.53. The predicted octanol–water partition coefficient (Wildman–Crippen LogP) is 2.56. The molecule has 1 aliphatic rings. The Morgan fingerprint density at radius 1 is 1.16 bits per heavy atom. The fourth-order valence-electron chi connectivity index (χ4n) is 3.37. The second-order valence-corrected chi connectivity index (χ2v) is 7.53. The normalized spacial score (nSPS) is 14.7. The molecule has 0 amide bonds. The molecule has 0 spiro atoms. The largest absolute Gasteiger partial charge is 0.497 e. The smallest absolute Gasteiger partial charge is 0.269 e. The van der Waals surface area contributed by atoms with Gasteiger partial charge < -0.3 is 20.1 Å². The van der Waals surface area contributed by atoms with Crippen molar-refractivity contribution in [1.29, 1.82) is 0 Å². The number of rotatable bonds is 10. The average Bonchev–Trinajstić information content (AvgIpc) is 2.84. The number of aliphatic imine (C=N–C) groups is 1. The molecule has 3 rings (SSSR count). The first-order chi connectivity index (χ1) is 15.6. The zero-order valence-corrected chi connectivity index (χ0v) is 18.5. The van der Waals surface area contributed by atoms with E-state index in [1.165, 1.54) is 12.1 Å². The Balaban J connectivity index is 1.56. The van der Waals surface area contributed by atoms with E-state index in [9.17, 15) is 10.1 Å². The van der Waals surface area contributed by atoms with Gasteiger partial charge in [-0.1, -0.05) is 24.3 Å². The third-order valence-electron chi connectivity index (χ3n) is 5.21. The van der Waals surface area contributed by atoms with Crippen LogP contribution in [0.2, 0.25) is 0 Å². The summed E-state index contributed by atoms with van der Waals surface area (Å²) in [5.74, 6) is 1.50. The van der Waals surface area contributed by atoms with Crippen LogP contribution in [0.25, 0.3) is 0 Å². The number of morpholine rings is 1. The molecular formula is C23H31N5O4. The SMILES string of the molecule is COc1cccc(CN=C(NCCCN2CCOCC2)NCc2ccc([N+](=O)[O-])cc2)c1. The summed E-state index contributed by atoms with van der Waals surface area (Å²) in [4.78, 5) is 17.6. The van der Waals surface area contributed by atoms with E-state index in [2.05, 4.69) is 15.5 Å². The first-order valence-electron chi connectivity index (χ1n) is 10.8. The van der Waals surface area contributed by atoms with Crippen molar-refractivity contribution in [2.75, 3.05) is 46.5 Å². The van der Waals surface area contributed by atoms with Gasteiger partial charge in [0, 0.05) is 38.3 Å². The molecule has 1 aliphatic heterocycles. The highest BCUT2D eigenvalue weighted by molar-refractivity contribution is 5.79. The van der Waals surface area contributed by atoms with E-state index in [0.717, 1.165) is 62.7 Å². The number of nitro benzene ring substituents is 1. The number of guanidine groups is 1. The Hall–Kier alpha value is -3.17. The first kappa shape index (κ1) is 23.5. The number of methoxy groups -OCH3 is 1. The number of nitro groups is 1. The number of nitrogens with zero attached hydrogens (tertiary/aromatic N) is 3. The zero-order chi connectivity index (χ0) is 22.6. The molecule has 172 valence electrons. The number of nitrogens with one attached hydrogen (secondary N) is 2. The minimum atomic E-state index is -0.395. The lowest BCUT2D eigenvalue weighted by Crippen LogP contribution is -2.40. The second kappa shape index (κ2) is 12.6. The monoisotopic (exact) mass is 441 g/mol. The third kappa shape index (κ3) is 7.82. The van der Waals surface area contributed by atoms with Gasteiger partial charge in [-0.2, -0.15) is 0 Å². The van der Waals surface area contributed by atoms with Crippen LogP contribution in [0.1, 0.15) is 17.5 Å². The minimum Gasteiger partial charge on any atom is -0.497 e.